The normalized spacial score (nSPS) is 18.4. The molecule has 36 heavy (non-hydrogen) atoms. The minimum atomic E-state index is -1.42. The molecule has 1 unspecified atom stereocenters. The Morgan fingerprint density at radius 3 is 2.61 bits per heavy atom. The number of methoxy groups -OCH3 is 1. The predicted molar refractivity (Wildman–Crippen MR) is 137 cm³/mol. The van der Waals surface area contributed by atoms with Crippen LogP contribution in [0.4, 0.5) is 14.6 Å². The van der Waals surface area contributed by atoms with Gasteiger partial charge in [0.2, 0.25) is 0 Å². The topological polar surface area (TPSA) is 73.5 Å². The lowest BCUT2D eigenvalue weighted by Crippen LogP contribution is -2.34. The molecule has 2 N–H and O–H groups in total. The van der Waals surface area contributed by atoms with Crippen LogP contribution in [0.2, 0.25) is 0 Å². The van der Waals surface area contributed by atoms with Crippen molar-refractivity contribution >= 4 is 16.7 Å². The van der Waals surface area contributed by atoms with Gasteiger partial charge >= 0.3 is 0 Å². The molecule has 0 radical (unpaired) electrons. The molecule has 192 valence electrons. The second kappa shape index (κ2) is 10.6. The molecule has 1 aromatic heterocycles. The Kier molecular flexibility index (Phi) is 7.34. The highest BCUT2D eigenvalue weighted by Crippen LogP contribution is 2.49. The van der Waals surface area contributed by atoms with Crippen molar-refractivity contribution in [2.75, 3.05) is 45.0 Å². The van der Waals surface area contributed by atoms with Crippen molar-refractivity contribution in [3.8, 4) is 5.75 Å². The lowest BCUT2D eigenvalue weighted by Gasteiger charge is -2.34. The van der Waals surface area contributed by atoms with Crippen molar-refractivity contribution in [1.29, 1.82) is 0 Å². The Bertz CT molecular complexity index is 1200. The maximum absolute atomic E-state index is 15.1. The summed E-state index contributed by atoms with van der Waals surface area (Å²) in [4.78, 5) is 11.6. The molecule has 6 nitrogen and oxygen atoms in total. The first-order valence-electron chi connectivity index (χ1n) is 12.8. The molecular formula is C28H34F2N4O2. The summed E-state index contributed by atoms with van der Waals surface area (Å²) in [5, 5.41) is 0.886. The van der Waals surface area contributed by atoms with Crippen LogP contribution in [0.15, 0.2) is 42.5 Å². The molecule has 8 heteroatoms. The van der Waals surface area contributed by atoms with Crippen molar-refractivity contribution in [3.05, 3.63) is 59.4 Å². The Labute approximate surface area is 210 Å². The van der Waals surface area contributed by atoms with Gasteiger partial charge < -0.3 is 20.1 Å². The molecule has 1 saturated carbocycles. The molecule has 0 spiro atoms. The van der Waals surface area contributed by atoms with E-state index in [0.717, 1.165) is 54.0 Å². The van der Waals surface area contributed by atoms with Crippen LogP contribution in [0.5, 0.6) is 5.75 Å². The van der Waals surface area contributed by atoms with Crippen molar-refractivity contribution in [2.45, 2.75) is 49.7 Å². The third kappa shape index (κ3) is 5.15. The van der Waals surface area contributed by atoms with Crippen molar-refractivity contribution in [3.63, 3.8) is 0 Å². The van der Waals surface area contributed by atoms with Crippen LogP contribution in [-0.2, 0) is 10.4 Å². The summed E-state index contributed by atoms with van der Waals surface area (Å²) < 4.78 is 38.2. The summed E-state index contributed by atoms with van der Waals surface area (Å²) in [6, 6.07) is 13.8. The fourth-order valence-corrected chi connectivity index (χ4v) is 5.07. The molecule has 1 saturated heterocycles. The number of nitrogens with zero attached hydrogens (tertiary/aromatic N) is 3. The highest BCUT2D eigenvalue weighted by Gasteiger charge is 2.48. The van der Waals surface area contributed by atoms with Crippen molar-refractivity contribution in [1.82, 2.24) is 9.97 Å². The zero-order chi connectivity index (χ0) is 25.1. The van der Waals surface area contributed by atoms with Gasteiger partial charge in [0, 0.05) is 31.1 Å². The molecule has 1 atom stereocenters. The summed E-state index contributed by atoms with van der Waals surface area (Å²) in [5.74, 6) is 2.39. The number of hydrogen-bond acceptors (Lipinski definition) is 6. The first-order chi connectivity index (χ1) is 17.5. The quantitative estimate of drug-likeness (QED) is 0.381. The SMILES string of the molecule is COc1ccccc1C1CCN(c2nc(C3(F)CC3)nc3ccc(C(N)CCOCCF)cc23)CC1. The summed E-state index contributed by atoms with van der Waals surface area (Å²) in [6.45, 7) is 1.59. The highest BCUT2D eigenvalue weighted by molar-refractivity contribution is 5.90. The minimum Gasteiger partial charge on any atom is -0.496 e. The van der Waals surface area contributed by atoms with E-state index in [1.165, 1.54) is 5.56 Å². The number of para-hydroxylation sites is 1. The lowest BCUT2D eigenvalue weighted by atomic mass is 9.88. The molecule has 5 rings (SSSR count). The Hall–Kier alpha value is -2.84. The number of ether oxygens (including phenoxy) is 2. The van der Waals surface area contributed by atoms with Gasteiger partial charge in [-0.2, -0.15) is 0 Å². The van der Waals surface area contributed by atoms with Gasteiger partial charge in [-0.15, -0.1) is 0 Å². The third-order valence-corrected chi connectivity index (χ3v) is 7.39. The molecule has 2 heterocycles. The van der Waals surface area contributed by atoms with E-state index < -0.39 is 12.3 Å². The van der Waals surface area contributed by atoms with E-state index in [1.807, 2.05) is 30.3 Å². The van der Waals surface area contributed by atoms with Gasteiger partial charge in [0.1, 0.15) is 18.2 Å². The smallest absolute Gasteiger partial charge is 0.170 e. The van der Waals surface area contributed by atoms with E-state index in [4.69, 9.17) is 20.2 Å². The number of hydrogen-bond donors (Lipinski definition) is 1. The summed E-state index contributed by atoms with van der Waals surface area (Å²) in [5.41, 5.74) is 7.90. The van der Waals surface area contributed by atoms with E-state index in [1.54, 1.807) is 7.11 Å². The molecule has 1 aliphatic carbocycles. The standard InChI is InChI=1S/C28H34F2N4O2/c1-35-25-5-3-2-4-21(25)19-8-14-34(15-9-19)26-22-18-20(23(31)10-16-36-17-13-29)6-7-24(22)32-27(33-26)28(30)11-12-28/h2-7,18-19,23H,8-17,31H2,1H3. The highest BCUT2D eigenvalue weighted by atomic mass is 19.1. The molecule has 2 fully saturated rings. The number of piperidine rings is 1. The van der Waals surface area contributed by atoms with Gasteiger partial charge in [0.15, 0.2) is 11.5 Å². The first-order valence-corrected chi connectivity index (χ1v) is 12.8. The number of nitrogens with two attached hydrogens (primary N) is 1. The van der Waals surface area contributed by atoms with Crippen LogP contribution in [0.25, 0.3) is 10.9 Å². The number of alkyl halides is 2. The number of anilines is 1. The molecular weight excluding hydrogens is 462 g/mol. The van der Waals surface area contributed by atoms with E-state index in [9.17, 15) is 4.39 Å². The van der Waals surface area contributed by atoms with Gasteiger partial charge in [-0.25, -0.2) is 18.7 Å². The van der Waals surface area contributed by atoms with Crippen LogP contribution in [0.1, 0.15) is 61.0 Å². The average molecular weight is 497 g/mol. The van der Waals surface area contributed by atoms with E-state index >= 15 is 4.39 Å². The average Bonchev–Trinajstić information content (AvgIpc) is 3.68. The lowest BCUT2D eigenvalue weighted by molar-refractivity contribution is 0.113. The second-order valence-corrected chi connectivity index (χ2v) is 9.81. The van der Waals surface area contributed by atoms with Crippen LogP contribution < -0.4 is 15.4 Å². The van der Waals surface area contributed by atoms with Gasteiger partial charge in [0.05, 0.1) is 19.2 Å². The van der Waals surface area contributed by atoms with Crippen LogP contribution in [-0.4, -0.2) is 50.1 Å². The van der Waals surface area contributed by atoms with Crippen LogP contribution in [0.3, 0.4) is 0 Å². The Morgan fingerprint density at radius 2 is 1.89 bits per heavy atom. The van der Waals surface area contributed by atoms with Crippen LogP contribution >= 0.6 is 0 Å². The fourth-order valence-electron chi connectivity index (χ4n) is 5.07. The van der Waals surface area contributed by atoms with E-state index in [0.29, 0.717) is 31.8 Å². The number of fused-ring (bicyclic) bond motifs is 1. The van der Waals surface area contributed by atoms with Gasteiger partial charge in [-0.05, 0) is 67.3 Å². The predicted octanol–water partition coefficient (Wildman–Crippen LogP) is 5.36. The minimum absolute atomic E-state index is 0.0843. The molecule has 2 aromatic carbocycles. The van der Waals surface area contributed by atoms with E-state index in [2.05, 4.69) is 22.0 Å². The van der Waals surface area contributed by atoms with Gasteiger partial charge in [0.25, 0.3) is 0 Å². The zero-order valence-corrected chi connectivity index (χ0v) is 20.8. The summed E-state index contributed by atoms with van der Waals surface area (Å²) in [7, 11) is 1.71. The molecule has 2 aliphatic rings. The van der Waals surface area contributed by atoms with Gasteiger partial charge in [-0.1, -0.05) is 24.3 Å². The Morgan fingerprint density at radius 1 is 1.11 bits per heavy atom. The second-order valence-electron chi connectivity index (χ2n) is 9.81. The molecule has 0 amide bonds. The summed E-state index contributed by atoms with van der Waals surface area (Å²) in [6.07, 6.45) is 3.42. The number of rotatable bonds is 10. The van der Waals surface area contributed by atoms with Gasteiger partial charge in [-0.3, -0.25) is 0 Å². The maximum atomic E-state index is 15.1. The number of aromatic nitrogens is 2. The van der Waals surface area contributed by atoms with Crippen molar-refractivity contribution < 1.29 is 18.3 Å². The zero-order valence-electron chi connectivity index (χ0n) is 20.8. The monoisotopic (exact) mass is 496 g/mol. The third-order valence-electron chi connectivity index (χ3n) is 7.39. The van der Waals surface area contributed by atoms with E-state index in [-0.39, 0.29) is 18.5 Å². The number of halogens is 2. The Balaban J connectivity index is 1.41. The first kappa shape index (κ1) is 24.8. The summed E-state index contributed by atoms with van der Waals surface area (Å²) >= 11 is 0. The molecule has 0 bridgehead atoms. The van der Waals surface area contributed by atoms with Crippen LogP contribution in [0, 0.1) is 0 Å². The fraction of sp³-hybridized carbons (Fsp3) is 0.500. The largest absolute Gasteiger partial charge is 0.496 e. The van der Waals surface area contributed by atoms with Crippen molar-refractivity contribution in [2.24, 2.45) is 5.73 Å². The molecule has 1 aliphatic heterocycles. The number of benzene rings is 2. The maximum Gasteiger partial charge on any atom is 0.170 e. The molecule has 3 aromatic rings.